The van der Waals surface area contributed by atoms with Crippen LogP contribution in [0.4, 0.5) is 10.1 Å². The van der Waals surface area contributed by atoms with Gasteiger partial charge in [-0.1, -0.05) is 6.07 Å². The fourth-order valence-electron chi connectivity index (χ4n) is 3.56. The maximum Gasteiger partial charge on any atom is 0.252 e. The molecule has 1 aromatic heterocycles. The Bertz CT molecular complexity index is 1440. The maximum absolute atomic E-state index is 13.5. The van der Waals surface area contributed by atoms with Gasteiger partial charge in [-0.2, -0.15) is 4.31 Å². The number of carbonyl (C=O) groups is 2. The standard InChI is InChI=1S/C21H18FN3O6S3/c22-14-3-7-18(8-4-14)34(30,31)24(13-16-2-1-11-32-16)19-12-20(26)25(21(19)27)15-5-9-17(10-6-15)33(23,28)29/h1-11,19H,12-13H2,(H2,23,28,29). The molecule has 13 heteroatoms. The van der Waals surface area contributed by atoms with Crippen LogP contribution < -0.4 is 10.0 Å². The lowest BCUT2D eigenvalue weighted by Crippen LogP contribution is -2.44. The molecule has 1 fully saturated rings. The van der Waals surface area contributed by atoms with Crippen LogP contribution >= 0.6 is 11.3 Å². The molecule has 9 nitrogen and oxygen atoms in total. The van der Waals surface area contributed by atoms with E-state index in [1.807, 2.05) is 0 Å². The van der Waals surface area contributed by atoms with Crippen molar-refractivity contribution in [1.82, 2.24) is 4.31 Å². The molecule has 1 saturated heterocycles. The highest BCUT2D eigenvalue weighted by Gasteiger charge is 2.47. The number of primary sulfonamides is 1. The Labute approximate surface area is 199 Å². The lowest BCUT2D eigenvalue weighted by molar-refractivity contribution is -0.122. The van der Waals surface area contributed by atoms with Gasteiger partial charge in [-0.3, -0.25) is 9.59 Å². The molecule has 2 amide bonds. The summed E-state index contributed by atoms with van der Waals surface area (Å²) in [6, 6.07) is 11.1. The minimum atomic E-state index is -4.29. The van der Waals surface area contributed by atoms with Crippen molar-refractivity contribution in [2.75, 3.05) is 4.90 Å². The van der Waals surface area contributed by atoms with E-state index in [0.717, 1.165) is 45.6 Å². The molecule has 1 aliphatic heterocycles. The molecule has 4 rings (SSSR count). The predicted molar refractivity (Wildman–Crippen MR) is 122 cm³/mol. The van der Waals surface area contributed by atoms with Gasteiger partial charge >= 0.3 is 0 Å². The quantitative estimate of drug-likeness (QED) is 0.471. The topological polar surface area (TPSA) is 135 Å². The molecule has 1 unspecified atom stereocenters. The van der Waals surface area contributed by atoms with Crippen molar-refractivity contribution in [2.24, 2.45) is 5.14 Å². The normalized spacial score (nSPS) is 17.0. The Morgan fingerprint density at radius 1 is 0.971 bits per heavy atom. The summed E-state index contributed by atoms with van der Waals surface area (Å²) in [5.74, 6) is -2.05. The van der Waals surface area contributed by atoms with E-state index in [2.05, 4.69) is 0 Å². The zero-order chi connectivity index (χ0) is 24.7. The van der Waals surface area contributed by atoms with E-state index in [0.29, 0.717) is 4.88 Å². The number of sulfonamides is 2. The molecule has 0 spiro atoms. The van der Waals surface area contributed by atoms with Crippen LogP contribution in [0.15, 0.2) is 75.8 Å². The largest absolute Gasteiger partial charge is 0.274 e. The highest BCUT2D eigenvalue weighted by atomic mass is 32.2. The average molecular weight is 524 g/mol. The number of benzene rings is 2. The van der Waals surface area contributed by atoms with Crippen molar-refractivity contribution < 1.29 is 30.8 Å². The van der Waals surface area contributed by atoms with Gasteiger partial charge in [0.1, 0.15) is 11.9 Å². The molecular weight excluding hydrogens is 505 g/mol. The molecule has 2 aromatic carbocycles. The lowest BCUT2D eigenvalue weighted by Gasteiger charge is -2.26. The number of carbonyl (C=O) groups excluding carboxylic acids is 2. The zero-order valence-corrected chi connectivity index (χ0v) is 19.8. The van der Waals surface area contributed by atoms with Crippen molar-refractivity contribution in [3.63, 3.8) is 0 Å². The maximum atomic E-state index is 13.5. The Morgan fingerprint density at radius 3 is 2.15 bits per heavy atom. The van der Waals surface area contributed by atoms with E-state index in [4.69, 9.17) is 5.14 Å². The average Bonchev–Trinajstić information content (AvgIpc) is 3.39. The van der Waals surface area contributed by atoms with Gasteiger partial charge in [0.2, 0.25) is 26.0 Å². The Kier molecular flexibility index (Phi) is 6.40. The number of hydrogen-bond acceptors (Lipinski definition) is 7. The first kappa shape index (κ1) is 24.2. The van der Waals surface area contributed by atoms with Gasteiger partial charge in [-0.25, -0.2) is 31.3 Å². The van der Waals surface area contributed by atoms with E-state index in [1.165, 1.54) is 23.5 Å². The molecular formula is C21H18FN3O6S3. The molecule has 1 aliphatic rings. The molecule has 3 aromatic rings. The van der Waals surface area contributed by atoms with Gasteiger partial charge < -0.3 is 0 Å². The number of anilines is 1. The third-order valence-electron chi connectivity index (χ3n) is 5.21. The summed E-state index contributed by atoms with van der Waals surface area (Å²) in [5, 5.41) is 6.83. The van der Waals surface area contributed by atoms with Crippen LogP contribution in [0, 0.1) is 5.82 Å². The van der Waals surface area contributed by atoms with Gasteiger partial charge in [0.15, 0.2) is 0 Å². The summed E-state index contributed by atoms with van der Waals surface area (Å²) < 4.78 is 64.2. The number of halogens is 1. The van der Waals surface area contributed by atoms with Crippen LogP contribution in [-0.2, 0) is 36.2 Å². The predicted octanol–water partition coefficient (Wildman–Crippen LogP) is 2.06. The van der Waals surface area contributed by atoms with Crippen LogP contribution in [-0.4, -0.2) is 39.0 Å². The molecule has 34 heavy (non-hydrogen) atoms. The highest BCUT2D eigenvalue weighted by Crippen LogP contribution is 2.31. The van der Waals surface area contributed by atoms with E-state index >= 15 is 0 Å². The number of amides is 2. The summed E-state index contributed by atoms with van der Waals surface area (Å²) in [7, 11) is -8.27. The Morgan fingerprint density at radius 2 is 1.59 bits per heavy atom. The number of nitrogens with two attached hydrogens (primary N) is 1. The first-order chi connectivity index (χ1) is 16.0. The van der Waals surface area contributed by atoms with Crippen LogP contribution in [0.2, 0.25) is 0 Å². The van der Waals surface area contributed by atoms with Crippen molar-refractivity contribution in [2.45, 2.75) is 28.8 Å². The Hall–Kier alpha value is -2.97. The van der Waals surface area contributed by atoms with Crippen LogP contribution in [0.3, 0.4) is 0 Å². The highest BCUT2D eigenvalue weighted by molar-refractivity contribution is 7.89. The third-order valence-corrected chi connectivity index (χ3v) is 8.87. The second kappa shape index (κ2) is 9.00. The third kappa shape index (κ3) is 4.65. The van der Waals surface area contributed by atoms with Gasteiger partial charge in [-0.15, -0.1) is 11.3 Å². The molecule has 0 radical (unpaired) electrons. The summed E-state index contributed by atoms with van der Waals surface area (Å²) in [6.07, 6.45) is -0.415. The first-order valence-electron chi connectivity index (χ1n) is 9.78. The molecule has 0 aliphatic carbocycles. The minimum absolute atomic E-state index is 0.0835. The Balaban J connectivity index is 1.71. The van der Waals surface area contributed by atoms with E-state index < -0.39 is 50.1 Å². The summed E-state index contributed by atoms with van der Waals surface area (Å²) >= 11 is 1.28. The molecule has 0 bridgehead atoms. The van der Waals surface area contributed by atoms with Crippen molar-refractivity contribution >= 4 is 48.9 Å². The molecule has 2 heterocycles. The SMILES string of the molecule is NS(=O)(=O)c1ccc(N2C(=O)CC(N(Cc3cccs3)S(=O)(=O)c3ccc(F)cc3)C2=O)cc1. The second-order valence-corrected chi connectivity index (χ2v) is 11.9. The zero-order valence-electron chi connectivity index (χ0n) is 17.4. The van der Waals surface area contributed by atoms with Gasteiger partial charge in [0.05, 0.1) is 21.9 Å². The van der Waals surface area contributed by atoms with E-state index in [1.54, 1.807) is 17.5 Å². The summed E-state index contributed by atoms with van der Waals surface area (Å²) in [5.41, 5.74) is 0.0835. The number of rotatable bonds is 7. The van der Waals surface area contributed by atoms with Gasteiger partial charge in [0, 0.05) is 11.4 Å². The van der Waals surface area contributed by atoms with Crippen molar-refractivity contribution in [3.8, 4) is 0 Å². The molecule has 1 atom stereocenters. The number of imide groups is 1. The minimum Gasteiger partial charge on any atom is -0.274 e. The number of thiophene rings is 1. The fraction of sp³-hybridized carbons (Fsp3) is 0.143. The fourth-order valence-corrected chi connectivity index (χ4v) is 6.42. The number of nitrogens with zero attached hydrogens (tertiary/aromatic N) is 2. The van der Waals surface area contributed by atoms with Crippen LogP contribution in [0.5, 0.6) is 0 Å². The van der Waals surface area contributed by atoms with E-state index in [9.17, 15) is 30.8 Å². The molecule has 0 saturated carbocycles. The van der Waals surface area contributed by atoms with Crippen molar-refractivity contribution in [3.05, 3.63) is 76.7 Å². The lowest BCUT2D eigenvalue weighted by atomic mass is 10.2. The summed E-state index contributed by atoms with van der Waals surface area (Å²) in [4.78, 5) is 27.1. The smallest absolute Gasteiger partial charge is 0.252 e. The van der Waals surface area contributed by atoms with Crippen LogP contribution in [0.1, 0.15) is 11.3 Å². The number of hydrogen-bond donors (Lipinski definition) is 1. The first-order valence-corrected chi connectivity index (χ1v) is 13.6. The van der Waals surface area contributed by atoms with Gasteiger partial charge in [0.25, 0.3) is 5.91 Å². The molecule has 2 N–H and O–H groups in total. The summed E-state index contributed by atoms with van der Waals surface area (Å²) in [6.45, 7) is -0.167. The second-order valence-electron chi connectivity index (χ2n) is 7.41. The van der Waals surface area contributed by atoms with Gasteiger partial charge in [-0.05, 0) is 60.0 Å². The van der Waals surface area contributed by atoms with Crippen LogP contribution in [0.25, 0.3) is 0 Å². The monoisotopic (exact) mass is 523 g/mol. The van der Waals surface area contributed by atoms with Crippen molar-refractivity contribution in [1.29, 1.82) is 0 Å². The molecule has 178 valence electrons. The van der Waals surface area contributed by atoms with E-state index in [-0.39, 0.29) is 22.0 Å².